The molecule has 0 N–H and O–H groups in total. The van der Waals surface area contributed by atoms with Gasteiger partial charge < -0.3 is 4.90 Å². The van der Waals surface area contributed by atoms with Crippen molar-refractivity contribution in [3.63, 3.8) is 0 Å². The van der Waals surface area contributed by atoms with Crippen LogP contribution >= 0.6 is 0 Å². The number of carbonyl (C=O) groups is 2. The summed E-state index contributed by atoms with van der Waals surface area (Å²) < 4.78 is 1.88. The van der Waals surface area contributed by atoms with E-state index in [2.05, 4.69) is 22.4 Å². The van der Waals surface area contributed by atoms with Crippen molar-refractivity contribution in [2.75, 3.05) is 13.1 Å². The van der Waals surface area contributed by atoms with Crippen molar-refractivity contribution < 1.29 is 9.59 Å². The Morgan fingerprint density at radius 2 is 1.70 bits per heavy atom. The van der Waals surface area contributed by atoms with E-state index < -0.39 is 0 Å². The Morgan fingerprint density at radius 3 is 2.50 bits per heavy atom. The van der Waals surface area contributed by atoms with Gasteiger partial charge in [0.05, 0.1) is 24.4 Å². The molecule has 0 aliphatic carbocycles. The SMILES string of the molecule is O=C(CC1c2ccccc2-c2cnnn21)C1CCN(C(=O)Cc2ccccc2)CC1. The minimum Gasteiger partial charge on any atom is -0.342 e. The molecule has 3 aromatic rings. The smallest absolute Gasteiger partial charge is 0.226 e. The molecule has 152 valence electrons. The third kappa shape index (κ3) is 3.43. The molecule has 2 aliphatic heterocycles. The number of aromatic nitrogens is 3. The molecule has 0 bridgehead atoms. The molecule has 6 heteroatoms. The van der Waals surface area contributed by atoms with Gasteiger partial charge in [-0.15, -0.1) is 5.10 Å². The molecule has 1 atom stereocenters. The van der Waals surface area contributed by atoms with Crippen LogP contribution < -0.4 is 0 Å². The van der Waals surface area contributed by atoms with Gasteiger partial charge in [-0.3, -0.25) is 9.59 Å². The number of fused-ring (bicyclic) bond motifs is 3. The zero-order chi connectivity index (χ0) is 20.5. The Morgan fingerprint density at radius 1 is 0.967 bits per heavy atom. The first-order valence-corrected chi connectivity index (χ1v) is 10.5. The lowest BCUT2D eigenvalue weighted by Crippen LogP contribution is -2.41. The van der Waals surface area contributed by atoms with Gasteiger partial charge in [-0.2, -0.15) is 0 Å². The molecule has 5 rings (SSSR count). The standard InChI is InChI=1S/C24H24N4O2/c29-23(15-21-19-8-4-5-9-20(19)22-16-25-26-28(21)22)18-10-12-27(13-11-18)24(30)14-17-6-2-1-3-7-17/h1-9,16,18,21H,10-15H2. The van der Waals surface area contributed by atoms with Gasteiger partial charge in [0.1, 0.15) is 5.78 Å². The molecule has 0 spiro atoms. The molecule has 1 amide bonds. The predicted octanol–water partition coefficient (Wildman–Crippen LogP) is 3.29. The van der Waals surface area contributed by atoms with Crippen molar-refractivity contribution in [3.8, 4) is 11.3 Å². The quantitative estimate of drug-likeness (QED) is 0.659. The molecule has 1 unspecified atom stereocenters. The highest BCUT2D eigenvalue weighted by atomic mass is 16.2. The normalized spacial score (nSPS) is 18.1. The lowest BCUT2D eigenvalue weighted by Gasteiger charge is -2.32. The van der Waals surface area contributed by atoms with Crippen LogP contribution in [0.1, 0.15) is 36.4 Å². The average molecular weight is 400 g/mol. The molecule has 0 radical (unpaired) electrons. The minimum atomic E-state index is -0.0797. The fourth-order valence-corrected chi connectivity index (χ4v) is 4.71. The summed E-state index contributed by atoms with van der Waals surface area (Å²) in [5, 5.41) is 8.26. The summed E-state index contributed by atoms with van der Waals surface area (Å²) in [6.07, 6.45) is 4.08. The summed E-state index contributed by atoms with van der Waals surface area (Å²) in [5.74, 6) is 0.405. The Bertz CT molecular complexity index is 1070. The molecule has 0 saturated carbocycles. The first-order chi connectivity index (χ1) is 14.7. The number of likely N-dealkylation sites (tertiary alicyclic amines) is 1. The van der Waals surface area contributed by atoms with E-state index in [4.69, 9.17) is 0 Å². The van der Waals surface area contributed by atoms with Crippen LogP contribution in [-0.2, 0) is 16.0 Å². The summed E-state index contributed by atoms with van der Waals surface area (Å²) in [7, 11) is 0. The number of hydrogen-bond donors (Lipinski definition) is 0. The van der Waals surface area contributed by atoms with Crippen molar-refractivity contribution in [2.45, 2.75) is 31.7 Å². The van der Waals surface area contributed by atoms with Gasteiger partial charge in [-0.25, -0.2) is 4.68 Å². The second kappa shape index (κ2) is 7.86. The maximum atomic E-state index is 13.1. The maximum Gasteiger partial charge on any atom is 0.226 e. The predicted molar refractivity (Wildman–Crippen MR) is 113 cm³/mol. The van der Waals surface area contributed by atoms with E-state index in [0.717, 1.165) is 35.2 Å². The highest BCUT2D eigenvalue weighted by molar-refractivity contribution is 5.84. The second-order valence-electron chi connectivity index (χ2n) is 8.15. The van der Waals surface area contributed by atoms with Gasteiger partial charge in [0.25, 0.3) is 0 Å². The number of rotatable bonds is 5. The number of Topliss-reactive ketones (excluding diaryl/α,β-unsaturated/α-hetero) is 1. The van der Waals surface area contributed by atoms with Crippen LogP contribution in [0.3, 0.4) is 0 Å². The number of benzene rings is 2. The van der Waals surface area contributed by atoms with Crippen LogP contribution in [0.4, 0.5) is 0 Å². The van der Waals surface area contributed by atoms with Crippen molar-refractivity contribution in [2.24, 2.45) is 5.92 Å². The highest BCUT2D eigenvalue weighted by Crippen LogP contribution is 2.40. The topological polar surface area (TPSA) is 68.1 Å². The second-order valence-corrected chi connectivity index (χ2v) is 8.15. The molecule has 1 saturated heterocycles. The van der Waals surface area contributed by atoms with Crippen molar-refractivity contribution >= 4 is 11.7 Å². The molecule has 2 aromatic carbocycles. The summed E-state index contributed by atoms with van der Waals surface area (Å²) >= 11 is 0. The monoisotopic (exact) mass is 400 g/mol. The highest BCUT2D eigenvalue weighted by Gasteiger charge is 2.34. The summed E-state index contributed by atoms with van der Waals surface area (Å²) in [4.78, 5) is 27.6. The molecule has 2 aliphatic rings. The summed E-state index contributed by atoms with van der Waals surface area (Å²) in [6, 6.07) is 17.9. The Kier molecular flexibility index (Phi) is 4.91. The Balaban J connectivity index is 1.20. The van der Waals surface area contributed by atoms with Gasteiger partial charge in [-0.05, 0) is 24.0 Å². The zero-order valence-electron chi connectivity index (χ0n) is 16.8. The van der Waals surface area contributed by atoms with Crippen molar-refractivity contribution in [1.29, 1.82) is 0 Å². The van der Waals surface area contributed by atoms with Crippen LogP contribution in [0.5, 0.6) is 0 Å². The van der Waals surface area contributed by atoms with Crippen LogP contribution in [0.15, 0.2) is 60.8 Å². The van der Waals surface area contributed by atoms with Gasteiger partial charge in [0.15, 0.2) is 0 Å². The first-order valence-electron chi connectivity index (χ1n) is 10.5. The van der Waals surface area contributed by atoms with E-state index in [1.165, 1.54) is 0 Å². The number of amides is 1. The molecular formula is C24H24N4O2. The van der Waals surface area contributed by atoms with Crippen LogP contribution in [-0.4, -0.2) is 44.7 Å². The van der Waals surface area contributed by atoms with Gasteiger partial charge in [0, 0.05) is 31.0 Å². The van der Waals surface area contributed by atoms with Crippen LogP contribution in [0, 0.1) is 5.92 Å². The molecule has 6 nitrogen and oxygen atoms in total. The van der Waals surface area contributed by atoms with Crippen LogP contribution in [0.25, 0.3) is 11.3 Å². The number of ketones is 1. The van der Waals surface area contributed by atoms with E-state index in [1.54, 1.807) is 6.20 Å². The number of piperidine rings is 1. The lowest BCUT2D eigenvalue weighted by atomic mass is 9.87. The lowest BCUT2D eigenvalue weighted by molar-refractivity contribution is -0.134. The third-order valence-corrected chi connectivity index (χ3v) is 6.36. The average Bonchev–Trinajstić information content (AvgIpc) is 3.37. The molecule has 30 heavy (non-hydrogen) atoms. The van der Waals surface area contributed by atoms with E-state index in [9.17, 15) is 9.59 Å². The van der Waals surface area contributed by atoms with E-state index >= 15 is 0 Å². The first kappa shape index (κ1) is 18.7. The van der Waals surface area contributed by atoms with Crippen LogP contribution in [0.2, 0.25) is 0 Å². The van der Waals surface area contributed by atoms with Gasteiger partial charge in [0.2, 0.25) is 5.91 Å². The zero-order valence-corrected chi connectivity index (χ0v) is 16.8. The molecule has 1 fully saturated rings. The summed E-state index contributed by atoms with van der Waals surface area (Å²) in [6.45, 7) is 1.30. The molecular weight excluding hydrogens is 376 g/mol. The maximum absolute atomic E-state index is 13.1. The van der Waals surface area contributed by atoms with Gasteiger partial charge in [-0.1, -0.05) is 59.8 Å². The van der Waals surface area contributed by atoms with Crippen molar-refractivity contribution in [3.05, 3.63) is 71.9 Å². The largest absolute Gasteiger partial charge is 0.342 e. The molecule has 3 heterocycles. The Labute approximate surface area is 175 Å². The fourth-order valence-electron chi connectivity index (χ4n) is 4.71. The number of hydrogen-bond acceptors (Lipinski definition) is 4. The Hall–Kier alpha value is -3.28. The van der Waals surface area contributed by atoms with Crippen molar-refractivity contribution in [1.82, 2.24) is 19.9 Å². The third-order valence-electron chi connectivity index (χ3n) is 6.36. The van der Waals surface area contributed by atoms with E-state index in [1.807, 2.05) is 52.0 Å². The minimum absolute atomic E-state index is 0.00510. The van der Waals surface area contributed by atoms with Gasteiger partial charge >= 0.3 is 0 Å². The number of carbonyl (C=O) groups excluding carboxylic acids is 2. The van der Waals surface area contributed by atoms with E-state index in [0.29, 0.717) is 25.9 Å². The fraction of sp³-hybridized carbons (Fsp3) is 0.333. The van der Waals surface area contributed by atoms with E-state index in [-0.39, 0.29) is 23.7 Å². The summed E-state index contributed by atoms with van der Waals surface area (Å²) in [5.41, 5.74) is 4.27. The number of nitrogens with zero attached hydrogens (tertiary/aromatic N) is 4. The molecule has 1 aromatic heterocycles.